The fraction of sp³-hybridized carbons (Fsp3) is 0.0625. The number of pyridine rings is 1. The maximum absolute atomic E-state index is 9.33. The van der Waals surface area contributed by atoms with E-state index in [1.54, 1.807) is 0 Å². The van der Waals surface area contributed by atoms with Gasteiger partial charge in [-0.1, -0.05) is 48.0 Å². The Bertz CT molecular complexity index is 725. The highest BCUT2D eigenvalue weighted by atomic mass is 35.5. The van der Waals surface area contributed by atoms with Gasteiger partial charge in [0.25, 0.3) is 0 Å². The van der Waals surface area contributed by atoms with E-state index in [0.717, 1.165) is 22.0 Å². The smallest absolute Gasteiger partial charge is 0.0853 e. The highest BCUT2D eigenvalue weighted by Gasteiger charge is 2.08. The highest BCUT2D eigenvalue weighted by Crippen LogP contribution is 2.29. The fourth-order valence-electron chi connectivity index (χ4n) is 2.17. The van der Waals surface area contributed by atoms with Crippen LogP contribution in [-0.2, 0) is 6.61 Å². The molecule has 0 fully saturated rings. The van der Waals surface area contributed by atoms with Gasteiger partial charge in [-0.05, 0) is 23.6 Å². The van der Waals surface area contributed by atoms with Crippen LogP contribution in [0.4, 0.5) is 0 Å². The van der Waals surface area contributed by atoms with Crippen molar-refractivity contribution in [3.8, 4) is 11.3 Å². The number of nitrogens with zero attached hydrogens (tertiary/aromatic N) is 1. The average molecular weight is 270 g/mol. The third-order valence-electron chi connectivity index (χ3n) is 3.06. The lowest BCUT2D eigenvalue weighted by Crippen LogP contribution is -1.94. The number of halogens is 1. The minimum absolute atomic E-state index is 0.0710. The van der Waals surface area contributed by atoms with Gasteiger partial charge in [-0.2, -0.15) is 0 Å². The minimum atomic E-state index is -0.0710. The quantitative estimate of drug-likeness (QED) is 0.761. The first-order valence-corrected chi connectivity index (χ1v) is 6.41. The summed E-state index contributed by atoms with van der Waals surface area (Å²) in [6.07, 6.45) is 0. The van der Waals surface area contributed by atoms with Gasteiger partial charge in [-0.25, -0.2) is 4.98 Å². The Labute approximate surface area is 116 Å². The van der Waals surface area contributed by atoms with Gasteiger partial charge in [-0.15, -0.1) is 0 Å². The summed E-state index contributed by atoms with van der Waals surface area (Å²) in [5, 5.41) is 12.0. The van der Waals surface area contributed by atoms with Crippen molar-refractivity contribution in [2.24, 2.45) is 0 Å². The second-order valence-electron chi connectivity index (χ2n) is 4.35. The first kappa shape index (κ1) is 12.2. The molecule has 1 N–H and O–H groups in total. The van der Waals surface area contributed by atoms with Crippen LogP contribution in [-0.4, -0.2) is 10.1 Å². The maximum atomic E-state index is 9.33. The molecular weight excluding hydrogens is 258 g/mol. The van der Waals surface area contributed by atoms with Crippen LogP contribution in [0, 0.1) is 0 Å². The zero-order valence-electron chi connectivity index (χ0n) is 10.2. The molecule has 0 bridgehead atoms. The summed E-state index contributed by atoms with van der Waals surface area (Å²) in [4.78, 5) is 4.52. The van der Waals surface area contributed by atoms with E-state index < -0.39 is 0 Å². The molecule has 0 radical (unpaired) electrons. The SMILES string of the molecule is OCc1cc2ccc(Cl)cc2c(-c2ccccc2)n1. The summed E-state index contributed by atoms with van der Waals surface area (Å²) < 4.78 is 0. The van der Waals surface area contributed by atoms with Gasteiger partial charge in [0.2, 0.25) is 0 Å². The van der Waals surface area contributed by atoms with Crippen molar-refractivity contribution in [2.45, 2.75) is 6.61 Å². The Kier molecular flexibility index (Phi) is 3.20. The van der Waals surface area contributed by atoms with E-state index in [0.29, 0.717) is 10.7 Å². The molecule has 3 rings (SSSR count). The number of aliphatic hydroxyl groups excluding tert-OH is 1. The van der Waals surface area contributed by atoms with E-state index >= 15 is 0 Å². The zero-order chi connectivity index (χ0) is 13.2. The molecule has 0 saturated heterocycles. The second-order valence-corrected chi connectivity index (χ2v) is 4.79. The number of aliphatic hydroxyl groups is 1. The maximum Gasteiger partial charge on any atom is 0.0853 e. The number of rotatable bonds is 2. The molecule has 0 saturated carbocycles. The van der Waals surface area contributed by atoms with E-state index in [-0.39, 0.29) is 6.61 Å². The van der Waals surface area contributed by atoms with Gasteiger partial charge >= 0.3 is 0 Å². The molecule has 19 heavy (non-hydrogen) atoms. The predicted octanol–water partition coefficient (Wildman–Crippen LogP) is 4.05. The molecule has 3 heteroatoms. The number of hydrogen-bond acceptors (Lipinski definition) is 2. The standard InChI is InChI=1S/C16H12ClNO/c17-13-7-6-12-8-14(10-19)18-16(15(12)9-13)11-4-2-1-3-5-11/h1-9,19H,10H2. The van der Waals surface area contributed by atoms with Crippen LogP contribution in [0.2, 0.25) is 5.02 Å². The van der Waals surface area contributed by atoms with Crippen LogP contribution in [0.3, 0.4) is 0 Å². The highest BCUT2D eigenvalue weighted by molar-refractivity contribution is 6.31. The van der Waals surface area contributed by atoms with Gasteiger partial charge in [0.15, 0.2) is 0 Å². The molecular formula is C16H12ClNO. The molecule has 94 valence electrons. The Morgan fingerprint density at radius 2 is 1.79 bits per heavy atom. The molecule has 0 unspecified atom stereocenters. The van der Waals surface area contributed by atoms with Crippen molar-refractivity contribution in [1.29, 1.82) is 0 Å². The Hall–Kier alpha value is -1.90. The van der Waals surface area contributed by atoms with Gasteiger partial charge < -0.3 is 5.11 Å². The van der Waals surface area contributed by atoms with Crippen LogP contribution in [0.15, 0.2) is 54.6 Å². The summed E-state index contributed by atoms with van der Waals surface area (Å²) in [6, 6.07) is 17.5. The number of fused-ring (bicyclic) bond motifs is 1. The zero-order valence-corrected chi connectivity index (χ0v) is 10.9. The molecule has 0 amide bonds. The topological polar surface area (TPSA) is 33.1 Å². The average Bonchev–Trinajstić information content (AvgIpc) is 2.47. The summed E-state index contributed by atoms with van der Waals surface area (Å²) in [7, 11) is 0. The van der Waals surface area contributed by atoms with Gasteiger partial charge in [0.05, 0.1) is 18.0 Å². The fourth-order valence-corrected chi connectivity index (χ4v) is 2.34. The van der Waals surface area contributed by atoms with E-state index in [4.69, 9.17) is 11.6 Å². The van der Waals surface area contributed by atoms with Crippen molar-refractivity contribution in [1.82, 2.24) is 4.98 Å². The normalized spacial score (nSPS) is 10.8. The monoisotopic (exact) mass is 269 g/mol. The van der Waals surface area contributed by atoms with Crippen molar-refractivity contribution in [2.75, 3.05) is 0 Å². The summed E-state index contributed by atoms with van der Waals surface area (Å²) in [5.41, 5.74) is 2.53. The second kappa shape index (κ2) is 5.00. The van der Waals surface area contributed by atoms with Crippen molar-refractivity contribution in [3.63, 3.8) is 0 Å². The molecule has 1 aromatic heterocycles. The summed E-state index contributed by atoms with van der Waals surface area (Å²) in [5.74, 6) is 0. The van der Waals surface area contributed by atoms with Crippen molar-refractivity contribution < 1.29 is 5.11 Å². The van der Waals surface area contributed by atoms with Crippen molar-refractivity contribution >= 4 is 22.4 Å². The minimum Gasteiger partial charge on any atom is -0.390 e. The number of hydrogen-bond donors (Lipinski definition) is 1. The lowest BCUT2D eigenvalue weighted by molar-refractivity contribution is 0.277. The van der Waals surface area contributed by atoms with Crippen LogP contribution < -0.4 is 0 Å². The van der Waals surface area contributed by atoms with Crippen LogP contribution in [0.25, 0.3) is 22.0 Å². The Morgan fingerprint density at radius 3 is 2.53 bits per heavy atom. The first-order valence-electron chi connectivity index (χ1n) is 6.03. The Balaban J connectivity index is 2.35. The molecule has 2 nitrogen and oxygen atoms in total. The molecule has 0 atom stereocenters. The van der Waals surface area contributed by atoms with E-state index in [2.05, 4.69) is 4.98 Å². The molecule has 0 aliphatic heterocycles. The van der Waals surface area contributed by atoms with Gasteiger partial charge in [-0.3, -0.25) is 0 Å². The molecule has 2 aromatic carbocycles. The third kappa shape index (κ3) is 2.33. The van der Waals surface area contributed by atoms with E-state index in [9.17, 15) is 5.11 Å². The predicted molar refractivity (Wildman–Crippen MR) is 78.1 cm³/mol. The van der Waals surface area contributed by atoms with Crippen LogP contribution in [0.1, 0.15) is 5.69 Å². The van der Waals surface area contributed by atoms with Gasteiger partial charge in [0.1, 0.15) is 0 Å². The molecule has 0 spiro atoms. The van der Waals surface area contributed by atoms with E-state index in [1.165, 1.54) is 0 Å². The first-order chi connectivity index (χ1) is 9.28. The lowest BCUT2D eigenvalue weighted by atomic mass is 10.0. The van der Waals surface area contributed by atoms with Crippen molar-refractivity contribution in [3.05, 3.63) is 65.3 Å². The Morgan fingerprint density at radius 1 is 1.00 bits per heavy atom. The summed E-state index contributed by atoms with van der Waals surface area (Å²) in [6.45, 7) is -0.0710. The number of aromatic nitrogens is 1. The van der Waals surface area contributed by atoms with Gasteiger partial charge in [0, 0.05) is 16.0 Å². The molecule has 0 aliphatic carbocycles. The molecule has 3 aromatic rings. The molecule has 0 aliphatic rings. The summed E-state index contributed by atoms with van der Waals surface area (Å²) >= 11 is 6.07. The van der Waals surface area contributed by atoms with Crippen LogP contribution in [0.5, 0.6) is 0 Å². The third-order valence-corrected chi connectivity index (χ3v) is 3.29. The van der Waals surface area contributed by atoms with Crippen LogP contribution >= 0.6 is 11.6 Å². The number of benzene rings is 2. The lowest BCUT2D eigenvalue weighted by Gasteiger charge is -2.09. The van der Waals surface area contributed by atoms with E-state index in [1.807, 2.05) is 54.6 Å². The largest absolute Gasteiger partial charge is 0.390 e. The molecule has 1 heterocycles.